The van der Waals surface area contributed by atoms with Crippen LogP contribution in [0.25, 0.3) is 0 Å². The van der Waals surface area contributed by atoms with Crippen LogP contribution >= 0.6 is 11.6 Å². The molecule has 0 bridgehead atoms. The van der Waals surface area contributed by atoms with Crippen LogP contribution in [0.15, 0.2) is 36.7 Å². The topological polar surface area (TPSA) is 39.1 Å². The molecule has 0 saturated carbocycles. The first-order valence-electron chi connectivity index (χ1n) is 6.66. The van der Waals surface area contributed by atoms with Gasteiger partial charge in [-0.25, -0.2) is 0 Å². The number of hydrogen-bond acceptors (Lipinski definition) is 3. The van der Waals surface area contributed by atoms with Gasteiger partial charge in [-0.05, 0) is 30.2 Å². The minimum absolute atomic E-state index is 0.161. The molecule has 0 spiro atoms. The molecular formula is C15H20ClN3O. The predicted octanol–water partition coefficient (Wildman–Crippen LogP) is 2.82. The third-order valence-electron chi connectivity index (χ3n) is 3.10. The molecule has 5 heteroatoms. The molecule has 2 rings (SSSR count). The van der Waals surface area contributed by atoms with Gasteiger partial charge in [0, 0.05) is 24.9 Å². The van der Waals surface area contributed by atoms with Crippen LogP contribution in [0.1, 0.15) is 17.2 Å². The smallest absolute Gasteiger partial charge is 0.0657 e. The fourth-order valence-corrected chi connectivity index (χ4v) is 2.20. The van der Waals surface area contributed by atoms with E-state index < -0.39 is 0 Å². The summed E-state index contributed by atoms with van der Waals surface area (Å²) >= 11 is 5.92. The van der Waals surface area contributed by atoms with Crippen molar-refractivity contribution in [2.75, 3.05) is 20.3 Å². The summed E-state index contributed by atoms with van der Waals surface area (Å²) in [6.45, 7) is 4.33. The minimum atomic E-state index is 0.161. The van der Waals surface area contributed by atoms with Crippen LogP contribution < -0.4 is 5.32 Å². The first-order chi connectivity index (χ1) is 9.69. The molecule has 2 aromatic rings. The second kappa shape index (κ2) is 7.43. The normalized spacial score (nSPS) is 12.6. The second-order valence-corrected chi connectivity index (χ2v) is 5.23. The lowest BCUT2D eigenvalue weighted by Gasteiger charge is -2.18. The van der Waals surface area contributed by atoms with Crippen LogP contribution in [-0.2, 0) is 11.3 Å². The molecule has 4 nitrogen and oxygen atoms in total. The number of halogens is 1. The number of hydrogen-bond donors (Lipinski definition) is 1. The van der Waals surface area contributed by atoms with Crippen LogP contribution in [0.2, 0.25) is 5.02 Å². The first kappa shape index (κ1) is 15.0. The zero-order valence-electron chi connectivity index (χ0n) is 11.8. The van der Waals surface area contributed by atoms with Crippen LogP contribution in [0.5, 0.6) is 0 Å². The van der Waals surface area contributed by atoms with Gasteiger partial charge < -0.3 is 10.1 Å². The number of benzene rings is 1. The number of rotatable bonds is 7. The van der Waals surface area contributed by atoms with Gasteiger partial charge in [0.15, 0.2) is 0 Å². The Bertz CT molecular complexity index is 524. The largest absolute Gasteiger partial charge is 0.383 e. The third kappa shape index (κ3) is 4.34. The monoisotopic (exact) mass is 293 g/mol. The number of nitrogens with zero attached hydrogens (tertiary/aromatic N) is 2. The average molecular weight is 294 g/mol. The molecular weight excluding hydrogens is 274 g/mol. The molecule has 1 unspecified atom stereocenters. The molecule has 108 valence electrons. The van der Waals surface area contributed by atoms with E-state index in [-0.39, 0.29) is 6.04 Å². The van der Waals surface area contributed by atoms with E-state index >= 15 is 0 Å². The van der Waals surface area contributed by atoms with Crippen LogP contribution in [0.4, 0.5) is 0 Å². The van der Waals surface area contributed by atoms with E-state index in [0.29, 0.717) is 6.61 Å². The Labute approximate surface area is 124 Å². The molecule has 0 aliphatic carbocycles. The molecule has 1 aromatic heterocycles. The van der Waals surface area contributed by atoms with Crippen molar-refractivity contribution >= 4 is 11.6 Å². The molecule has 0 saturated heterocycles. The van der Waals surface area contributed by atoms with Gasteiger partial charge in [-0.2, -0.15) is 5.10 Å². The highest BCUT2D eigenvalue weighted by atomic mass is 35.5. The summed E-state index contributed by atoms with van der Waals surface area (Å²) in [5.74, 6) is 0. The summed E-state index contributed by atoms with van der Waals surface area (Å²) in [6, 6.07) is 8.01. The summed E-state index contributed by atoms with van der Waals surface area (Å²) in [6.07, 6.45) is 3.90. The molecule has 1 N–H and O–H groups in total. The highest BCUT2D eigenvalue weighted by Gasteiger charge is 2.10. The van der Waals surface area contributed by atoms with Crippen LogP contribution in [-0.4, -0.2) is 30.0 Å². The highest BCUT2D eigenvalue weighted by molar-refractivity contribution is 6.30. The lowest BCUT2D eigenvalue weighted by Crippen LogP contribution is -2.28. The Morgan fingerprint density at radius 2 is 2.10 bits per heavy atom. The van der Waals surface area contributed by atoms with Crippen molar-refractivity contribution in [3.8, 4) is 0 Å². The summed E-state index contributed by atoms with van der Waals surface area (Å²) in [5.41, 5.74) is 2.35. The van der Waals surface area contributed by atoms with Crippen molar-refractivity contribution in [2.45, 2.75) is 19.5 Å². The van der Waals surface area contributed by atoms with Gasteiger partial charge in [0.2, 0.25) is 0 Å². The van der Waals surface area contributed by atoms with Crippen molar-refractivity contribution in [3.63, 3.8) is 0 Å². The third-order valence-corrected chi connectivity index (χ3v) is 3.35. The van der Waals surface area contributed by atoms with Crippen LogP contribution in [0, 0.1) is 6.92 Å². The fraction of sp³-hybridized carbons (Fsp3) is 0.400. The molecule has 1 heterocycles. The Morgan fingerprint density at radius 1 is 1.35 bits per heavy atom. The second-order valence-electron chi connectivity index (χ2n) is 4.79. The summed E-state index contributed by atoms with van der Waals surface area (Å²) in [7, 11) is 1.71. The first-order valence-corrected chi connectivity index (χ1v) is 7.03. The van der Waals surface area contributed by atoms with E-state index in [4.69, 9.17) is 16.3 Å². The van der Waals surface area contributed by atoms with E-state index in [1.165, 1.54) is 11.1 Å². The maximum absolute atomic E-state index is 5.92. The Morgan fingerprint density at radius 3 is 2.70 bits per heavy atom. The van der Waals surface area contributed by atoms with E-state index in [1.807, 2.05) is 48.3 Å². The predicted molar refractivity (Wildman–Crippen MR) is 81.0 cm³/mol. The van der Waals surface area contributed by atoms with Gasteiger partial charge >= 0.3 is 0 Å². The van der Waals surface area contributed by atoms with Gasteiger partial charge in [0.05, 0.1) is 25.4 Å². The number of ether oxygens (including phenoxy) is 1. The van der Waals surface area contributed by atoms with Gasteiger partial charge in [0.1, 0.15) is 0 Å². The number of aryl methyl sites for hydroxylation is 1. The van der Waals surface area contributed by atoms with E-state index in [0.717, 1.165) is 18.1 Å². The Balaban J connectivity index is 1.90. The highest BCUT2D eigenvalue weighted by Crippen LogP contribution is 2.16. The molecule has 0 amide bonds. The maximum Gasteiger partial charge on any atom is 0.0657 e. The lowest BCUT2D eigenvalue weighted by molar-refractivity contribution is 0.166. The number of aromatic nitrogens is 2. The zero-order valence-corrected chi connectivity index (χ0v) is 12.6. The maximum atomic E-state index is 5.92. The van der Waals surface area contributed by atoms with Crippen LogP contribution in [0.3, 0.4) is 0 Å². The molecule has 0 radical (unpaired) electrons. The number of nitrogens with one attached hydrogen (secondary N) is 1. The molecule has 0 aliphatic heterocycles. The average Bonchev–Trinajstić information content (AvgIpc) is 2.84. The van der Waals surface area contributed by atoms with Crippen molar-refractivity contribution in [1.82, 2.24) is 15.1 Å². The summed E-state index contributed by atoms with van der Waals surface area (Å²) in [5, 5.41) is 8.50. The summed E-state index contributed by atoms with van der Waals surface area (Å²) in [4.78, 5) is 0. The molecule has 0 aliphatic rings. The molecule has 1 atom stereocenters. The number of methoxy groups -OCH3 is 1. The zero-order chi connectivity index (χ0) is 14.4. The standard InChI is InChI=1S/C15H20ClN3O/c1-12-9-18-19(10-12)8-7-17-15(11-20-2)13-3-5-14(16)6-4-13/h3-6,9-10,15,17H,7-8,11H2,1-2H3. The van der Waals surface area contributed by atoms with E-state index in [1.54, 1.807) is 7.11 Å². The molecule has 0 fully saturated rings. The van der Waals surface area contributed by atoms with Gasteiger partial charge in [-0.3, -0.25) is 4.68 Å². The van der Waals surface area contributed by atoms with Crippen molar-refractivity contribution in [3.05, 3.63) is 52.8 Å². The lowest BCUT2D eigenvalue weighted by atomic mass is 10.1. The SMILES string of the molecule is COCC(NCCn1cc(C)cn1)c1ccc(Cl)cc1. The van der Waals surface area contributed by atoms with Crippen molar-refractivity contribution in [2.24, 2.45) is 0 Å². The molecule has 1 aromatic carbocycles. The van der Waals surface area contributed by atoms with E-state index in [9.17, 15) is 0 Å². The van der Waals surface area contributed by atoms with E-state index in [2.05, 4.69) is 10.4 Å². The van der Waals surface area contributed by atoms with Gasteiger partial charge in [-0.1, -0.05) is 23.7 Å². The van der Waals surface area contributed by atoms with Crippen molar-refractivity contribution in [1.29, 1.82) is 0 Å². The van der Waals surface area contributed by atoms with Gasteiger partial charge in [-0.15, -0.1) is 0 Å². The minimum Gasteiger partial charge on any atom is -0.383 e. The van der Waals surface area contributed by atoms with Gasteiger partial charge in [0.25, 0.3) is 0 Å². The Hall–Kier alpha value is -1.36. The fourth-order valence-electron chi connectivity index (χ4n) is 2.08. The Kier molecular flexibility index (Phi) is 5.59. The van der Waals surface area contributed by atoms with Crippen molar-refractivity contribution < 1.29 is 4.74 Å². The summed E-state index contributed by atoms with van der Waals surface area (Å²) < 4.78 is 7.22. The quantitative estimate of drug-likeness (QED) is 0.853. The molecule has 20 heavy (non-hydrogen) atoms.